The number of fused-ring (bicyclic) bond motifs is 1. The second kappa shape index (κ2) is 3.72. The van der Waals surface area contributed by atoms with Crippen molar-refractivity contribution in [1.82, 2.24) is 4.90 Å². The predicted octanol–water partition coefficient (Wildman–Crippen LogP) is 1.39. The molecule has 0 aromatic heterocycles. The fourth-order valence-electron chi connectivity index (χ4n) is 3.42. The Hall–Kier alpha value is -1.06. The fraction of sp³-hybridized carbons (Fsp3) is 0.857. The Labute approximate surface area is 109 Å². The van der Waals surface area contributed by atoms with E-state index in [0.717, 1.165) is 0 Å². The van der Waals surface area contributed by atoms with Crippen LogP contribution in [0.15, 0.2) is 0 Å². The van der Waals surface area contributed by atoms with E-state index in [4.69, 9.17) is 5.73 Å². The predicted molar refractivity (Wildman–Crippen MR) is 69.5 cm³/mol. The van der Waals surface area contributed by atoms with Crippen LogP contribution >= 0.6 is 0 Å². The lowest BCUT2D eigenvalue weighted by Gasteiger charge is -2.31. The summed E-state index contributed by atoms with van der Waals surface area (Å²) in [4.78, 5) is 25.6. The number of nitrogens with zero attached hydrogens (tertiary/aromatic N) is 1. The van der Waals surface area contributed by atoms with Gasteiger partial charge in [0.1, 0.15) is 6.04 Å². The average Bonchev–Trinajstić information content (AvgIpc) is 2.59. The maximum absolute atomic E-state index is 12.3. The summed E-state index contributed by atoms with van der Waals surface area (Å²) in [6, 6.07) is -0.389. The average molecular weight is 252 g/mol. The van der Waals surface area contributed by atoms with Crippen molar-refractivity contribution in [3.05, 3.63) is 0 Å². The molecule has 2 aliphatic rings. The van der Waals surface area contributed by atoms with Crippen molar-refractivity contribution in [3.8, 4) is 0 Å². The molecule has 102 valence electrons. The normalized spacial score (nSPS) is 33.2. The van der Waals surface area contributed by atoms with Gasteiger partial charge in [-0.3, -0.25) is 9.59 Å². The summed E-state index contributed by atoms with van der Waals surface area (Å²) in [6.07, 6.45) is 0.469. The molecule has 2 fully saturated rings. The summed E-state index contributed by atoms with van der Waals surface area (Å²) in [6.45, 7) is 11.1. The lowest BCUT2D eigenvalue weighted by atomic mass is 9.91. The number of nitrogens with two attached hydrogens (primary N) is 1. The quantitative estimate of drug-likeness (QED) is 0.807. The SMILES string of the molecule is CC(C)(C)CC(=O)N1C[C@H]2[C@@H]([C@H]1C(N)=O)C2(C)C. The highest BCUT2D eigenvalue weighted by Gasteiger charge is 2.68. The minimum atomic E-state index is -0.389. The van der Waals surface area contributed by atoms with Crippen LogP contribution in [0.25, 0.3) is 0 Å². The molecule has 1 saturated heterocycles. The minimum Gasteiger partial charge on any atom is -0.368 e. The number of amides is 2. The maximum atomic E-state index is 12.3. The first-order valence-electron chi connectivity index (χ1n) is 6.64. The number of primary amides is 1. The molecular formula is C14H24N2O2. The number of hydrogen-bond acceptors (Lipinski definition) is 2. The maximum Gasteiger partial charge on any atom is 0.240 e. The molecule has 1 saturated carbocycles. The molecule has 0 unspecified atom stereocenters. The van der Waals surface area contributed by atoms with Gasteiger partial charge in [0.2, 0.25) is 11.8 Å². The van der Waals surface area contributed by atoms with E-state index in [1.807, 2.05) is 20.8 Å². The molecule has 1 heterocycles. The van der Waals surface area contributed by atoms with Crippen LogP contribution in [0.5, 0.6) is 0 Å². The van der Waals surface area contributed by atoms with Crippen LogP contribution in [0.1, 0.15) is 41.0 Å². The summed E-state index contributed by atoms with van der Waals surface area (Å²) in [5, 5.41) is 0. The van der Waals surface area contributed by atoms with Gasteiger partial charge in [0.25, 0.3) is 0 Å². The number of carbonyl (C=O) groups excluding carboxylic acids is 2. The molecule has 2 rings (SSSR count). The monoisotopic (exact) mass is 252 g/mol. The first-order valence-corrected chi connectivity index (χ1v) is 6.64. The topological polar surface area (TPSA) is 63.4 Å². The highest BCUT2D eigenvalue weighted by molar-refractivity contribution is 5.88. The van der Waals surface area contributed by atoms with E-state index in [9.17, 15) is 9.59 Å². The van der Waals surface area contributed by atoms with Gasteiger partial charge in [0.05, 0.1) is 0 Å². The van der Waals surface area contributed by atoms with Crippen LogP contribution in [-0.2, 0) is 9.59 Å². The second-order valence-electron chi connectivity index (χ2n) is 7.58. The number of carbonyl (C=O) groups is 2. The smallest absolute Gasteiger partial charge is 0.240 e. The van der Waals surface area contributed by atoms with E-state index < -0.39 is 0 Å². The standard InChI is InChI=1S/C14H24N2O2/c1-13(2,3)6-9(17)16-7-8-10(14(8,4)5)11(16)12(15)18/h8,10-11H,6-7H2,1-5H3,(H2,15,18)/t8-,10-,11-/m0/s1. The minimum absolute atomic E-state index is 0.0540. The number of hydrogen-bond donors (Lipinski definition) is 1. The van der Waals surface area contributed by atoms with E-state index in [1.165, 1.54) is 0 Å². The fourth-order valence-corrected chi connectivity index (χ4v) is 3.42. The number of likely N-dealkylation sites (tertiary alicyclic amines) is 1. The van der Waals surface area contributed by atoms with Gasteiger partial charge in [0.15, 0.2) is 0 Å². The van der Waals surface area contributed by atoms with E-state index >= 15 is 0 Å². The van der Waals surface area contributed by atoms with Gasteiger partial charge in [-0.15, -0.1) is 0 Å². The number of piperidine rings is 1. The molecule has 0 bridgehead atoms. The summed E-state index contributed by atoms with van der Waals surface area (Å²) < 4.78 is 0. The molecule has 3 atom stereocenters. The Morgan fingerprint density at radius 2 is 1.89 bits per heavy atom. The Morgan fingerprint density at radius 3 is 2.33 bits per heavy atom. The van der Waals surface area contributed by atoms with Crippen LogP contribution in [0.3, 0.4) is 0 Å². The van der Waals surface area contributed by atoms with E-state index in [2.05, 4.69) is 13.8 Å². The van der Waals surface area contributed by atoms with Gasteiger partial charge in [-0.2, -0.15) is 0 Å². The van der Waals surface area contributed by atoms with Gasteiger partial charge in [-0.1, -0.05) is 34.6 Å². The third-order valence-electron chi connectivity index (χ3n) is 4.50. The lowest BCUT2D eigenvalue weighted by molar-refractivity contribution is -0.140. The van der Waals surface area contributed by atoms with Crippen molar-refractivity contribution in [2.45, 2.75) is 47.1 Å². The highest BCUT2D eigenvalue weighted by atomic mass is 16.2. The highest BCUT2D eigenvalue weighted by Crippen LogP contribution is 2.64. The lowest BCUT2D eigenvalue weighted by Crippen LogP contribution is -2.48. The molecule has 4 heteroatoms. The van der Waals surface area contributed by atoms with Gasteiger partial charge in [-0.25, -0.2) is 0 Å². The first kappa shape index (κ1) is 13.4. The Bertz CT molecular complexity index is 395. The van der Waals surface area contributed by atoms with Gasteiger partial charge >= 0.3 is 0 Å². The van der Waals surface area contributed by atoms with Gasteiger partial charge < -0.3 is 10.6 Å². The van der Waals surface area contributed by atoms with Crippen LogP contribution in [0, 0.1) is 22.7 Å². The van der Waals surface area contributed by atoms with Crippen molar-refractivity contribution < 1.29 is 9.59 Å². The molecule has 2 N–H and O–H groups in total. The summed E-state index contributed by atoms with van der Waals surface area (Å²) >= 11 is 0. The van der Waals surface area contributed by atoms with Crippen LogP contribution in [0.2, 0.25) is 0 Å². The number of rotatable bonds is 2. The molecule has 0 aromatic carbocycles. The first-order chi connectivity index (χ1) is 8.05. The van der Waals surface area contributed by atoms with E-state index in [1.54, 1.807) is 4.90 Å². The third kappa shape index (κ3) is 2.02. The Balaban J connectivity index is 2.12. The molecular weight excluding hydrogens is 228 g/mol. The van der Waals surface area contributed by atoms with Crippen molar-refractivity contribution in [2.24, 2.45) is 28.4 Å². The summed E-state index contributed by atoms with van der Waals surface area (Å²) in [5.41, 5.74) is 5.61. The summed E-state index contributed by atoms with van der Waals surface area (Å²) in [5.74, 6) is 0.419. The zero-order chi connectivity index (χ0) is 13.9. The Kier molecular flexibility index (Phi) is 2.76. The largest absolute Gasteiger partial charge is 0.368 e. The van der Waals surface area contributed by atoms with Crippen LogP contribution in [0.4, 0.5) is 0 Å². The van der Waals surface area contributed by atoms with E-state index in [-0.39, 0.29) is 34.6 Å². The third-order valence-corrected chi connectivity index (χ3v) is 4.50. The van der Waals surface area contributed by atoms with E-state index in [0.29, 0.717) is 18.9 Å². The zero-order valence-corrected chi connectivity index (χ0v) is 12.0. The molecule has 0 aromatic rings. The van der Waals surface area contributed by atoms with Crippen molar-refractivity contribution in [2.75, 3.05) is 6.54 Å². The van der Waals surface area contributed by atoms with Gasteiger partial charge in [-0.05, 0) is 22.7 Å². The van der Waals surface area contributed by atoms with Crippen LogP contribution in [-0.4, -0.2) is 29.3 Å². The molecule has 0 radical (unpaired) electrons. The van der Waals surface area contributed by atoms with Crippen molar-refractivity contribution in [1.29, 1.82) is 0 Å². The molecule has 0 spiro atoms. The molecule has 1 aliphatic heterocycles. The molecule has 1 aliphatic carbocycles. The molecule has 2 amide bonds. The van der Waals surface area contributed by atoms with Crippen molar-refractivity contribution in [3.63, 3.8) is 0 Å². The van der Waals surface area contributed by atoms with Crippen molar-refractivity contribution >= 4 is 11.8 Å². The zero-order valence-electron chi connectivity index (χ0n) is 12.0. The second-order valence-corrected chi connectivity index (χ2v) is 7.58. The van der Waals surface area contributed by atoms with Gasteiger partial charge in [0, 0.05) is 13.0 Å². The molecule has 4 nitrogen and oxygen atoms in total. The summed E-state index contributed by atoms with van der Waals surface area (Å²) in [7, 11) is 0. The molecule has 18 heavy (non-hydrogen) atoms. The Morgan fingerprint density at radius 1 is 1.33 bits per heavy atom. The van der Waals surface area contributed by atoms with Crippen LogP contribution < -0.4 is 5.73 Å².